The van der Waals surface area contributed by atoms with Crippen molar-refractivity contribution in [3.63, 3.8) is 0 Å². The number of nitrogens with one attached hydrogen (secondary N) is 1. The molecule has 2 aromatic rings. The Balaban J connectivity index is 1.58. The van der Waals surface area contributed by atoms with Crippen LogP contribution >= 0.6 is 0 Å². The maximum absolute atomic E-state index is 12.2. The van der Waals surface area contributed by atoms with Crippen molar-refractivity contribution in [1.82, 2.24) is 24.6 Å². The Morgan fingerprint density at radius 2 is 2.13 bits per heavy atom. The van der Waals surface area contributed by atoms with E-state index in [9.17, 15) is 4.79 Å². The number of anilines is 1. The number of pyridine rings is 1. The van der Waals surface area contributed by atoms with Gasteiger partial charge < -0.3 is 5.32 Å². The van der Waals surface area contributed by atoms with Crippen LogP contribution in [0.2, 0.25) is 0 Å². The fraction of sp³-hybridized carbons (Fsp3) is 0.500. The molecule has 1 aliphatic heterocycles. The molecule has 0 bridgehead atoms. The summed E-state index contributed by atoms with van der Waals surface area (Å²) in [6, 6.07) is 3.92. The van der Waals surface area contributed by atoms with E-state index in [-0.39, 0.29) is 5.91 Å². The molecule has 1 fully saturated rings. The molecule has 1 aliphatic rings. The van der Waals surface area contributed by atoms with Crippen LogP contribution in [-0.4, -0.2) is 49.7 Å². The second-order valence-corrected chi connectivity index (χ2v) is 5.94. The standard InChI is InChI=1S/C16H22N6O/c1-12-18-13(2)22(20-12)10-15-4-3-9-21(15)11-16(23)19-14-5-7-17-8-6-14/h5-8,15H,3-4,9-11H2,1-2H3,(H,17,19,23)/t15-/m1/s1. The van der Waals surface area contributed by atoms with Gasteiger partial charge in [0.25, 0.3) is 0 Å². The van der Waals surface area contributed by atoms with Gasteiger partial charge in [-0.05, 0) is 45.4 Å². The van der Waals surface area contributed by atoms with Crippen molar-refractivity contribution in [2.45, 2.75) is 39.3 Å². The first-order chi connectivity index (χ1) is 11.1. The van der Waals surface area contributed by atoms with Crippen molar-refractivity contribution >= 4 is 11.6 Å². The minimum atomic E-state index is 0.00888. The van der Waals surface area contributed by atoms with Crippen LogP contribution in [0.4, 0.5) is 5.69 Å². The van der Waals surface area contributed by atoms with Crippen LogP contribution < -0.4 is 5.32 Å². The van der Waals surface area contributed by atoms with E-state index in [2.05, 4.69) is 25.3 Å². The summed E-state index contributed by atoms with van der Waals surface area (Å²) >= 11 is 0. The smallest absolute Gasteiger partial charge is 0.238 e. The van der Waals surface area contributed by atoms with Gasteiger partial charge in [0, 0.05) is 24.1 Å². The van der Waals surface area contributed by atoms with Crippen LogP contribution in [0.3, 0.4) is 0 Å². The normalized spacial score (nSPS) is 18.3. The lowest BCUT2D eigenvalue weighted by Crippen LogP contribution is -2.39. The number of nitrogens with zero attached hydrogens (tertiary/aromatic N) is 5. The molecule has 3 heterocycles. The predicted octanol–water partition coefficient (Wildman–Crippen LogP) is 1.39. The van der Waals surface area contributed by atoms with Crippen molar-refractivity contribution < 1.29 is 4.79 Å². The van der Waals surface area contributed by atoms with Gasteiger partial charge in [-0.25, -0.2) is 9.67 Å². The molecule has 3 rings (SSSR count). The summed E-state index contributed by atoms with van der Waals surface area (Å²) in [7, 11) is 0. The van der Waals surface area contributed by atoms with E-state index < -0.39 is 0 Å². The first-order valence-corrected chi connectivity index (χ1v) is 7.94. The molecular formula is C16H22N6O. The van der Waals surface area contributed by atoms with Gasteiger partial charge in [-0.1, -0.05) is 0 Å². The van der Waals surface area contributed by atoms with Crippen molar-refractivity contribution in [2.75, 3.05) is 18.4 Å². The number of hydrogen-bond donors (Lipinski definition) is 1. The Kier molecular flexibility index (Phi) is 4.66. The largest absolute Gasteiger partial charge is 0.325 e. The highest BCUT2D eigenvalue weighted by Gasteiger charge is 2.27. The minimum absolute atomic E-state index is 0.00888. The SMILES string of the molecule is Cc1nc(C)n(C[C@H]2CCCN2CC(=O)Nc2ccncc2)n1. The predicted molar refractivity (Wildman–Crippen MR) is 87.0 cm³/mol. The Bertz CT molecular complexity index is 668. The van der Waals surface area contributed by atoms with Crippen molar-refractivity contribution in [2.24, 2.45) is 0 Å². The van der Waals surface area contributed by atoms with E-state index >= 15 is 0 Å². The quantitative estimate of drug-likeness (QED) is 0.902. The highest BCUT2D eigenvalue weighted by Crippen LogP contribution is 2.19. The zero-order valence-corrected chi connectivity index (χ0v) is 13.6. The molecule has 2 aromatic heterocycles. The number of amides is 1. The number of aromatic nitrogens is 4. The van der Waals surface area contributed by atoms with Crippen LogP contribution in [0.15, 0.2) is 24.5 Å². The number of carbonyl (C=O) groups is 1. The van der Waals surface area contributed by atoms with Crippen LogP contribution in [0, 0.1) is 13.8 Å². The molecule has 0 aromatic carbocycles. The van der Waals surface area contributed by atoms with E-state index in [1.807, 2.05) is 18.5 Å². The molecule has 0 aliphatic carbocycles. The second-order valence-electron chi connectivity index (χ2n) is 5.94. The third kappa shape index (κ3) is 3.92. The number of carbonyl (C=O) groups excluding carboxylic acids is 1. The summed E-state index contributed by atoms with van der Waals surface area (Å²) in [5, 5.41) is 7.34. The van der Waals surface area contributed by atoms with Gasteiger partial charge in [0.2, 0.25) is 5.91 Å². The Morgan fingerprint density at radius 1 is 1.35 bits per heavy atom. The van der Waals surface area contributed by atoms with Crippen LogP contribution in [0.5, 0.6) is 0 Å². The lowest BCUT2D eigenvalue weighted by atomic mass is 10.2. The minimum Gasteiger partial charge on any atom is -0.325 e. The zero-order chi connectivity index (χ0) is 16.2. The number of hydrogen-bond acceptors (Lipinski definition) is 5. The average molecular weight is 314 g/mol. The zero-order valence-electron chi connectivity index (χ0n) is 13.6. The fourth-order valence-electron chi connectivity index (χ4n) is 3.06. The molecular weight excluding hydrogens is 292 g/mol. The van der Waals surface area contributed by atoms with Crippen LogP contribution in [0.1, 0.15) is 24.5 Å². The molecule has 1 saturated heterocycles. The molecule has 122 valence electrons. The maximum Gasteiger partial charge on any atom is 0.238 e. The molecule has 7 nitrogen and oxygen atoms in total. The van der Waals surface area contributed by atoms with E-state index in [1.54, 1.807) is 24.5 Å². The molecule has 1 amide bonds. The van der Waals surface area contributed by atoms with Gasteiger partial charge in [-0.3, -0.25) is 14.7 Å². The lowest BCUT2D eigenvalue weighted by Gasteiger charge is -2.24. The van der Waals surface area contributed by atoms with Crippen molar-refractivity contribution in [3.05, 3.63) is 36.2 Å². The molecule has 0 radical (unpaired) electrons. The van der Waals surface area contributed by atoms with Gasteiger partial charge in [0.1, 0.15) is 11.6 Å². The molecule has 0 spiro atoms. The van der Waals surface area contributed by atoms with E-state index in [0.717, 1.165) is 43.3 Å². The summed E-state index contributed by atoms with van der Waals surface area (Å²) in [6.07, 6.45) is 5.54. The van der Waals surface area contributed by atoms with E-state index in [4.69, 9.17) is 0 Å². The molecule has 1 N–H and O–H groups in total. The summed E-state index contributed by atoms with van der Waals surface area (Å²) in [6.45, 7) is 6.00. The van der Waals surface area contributed by atoms with Crippen LogP contribution in [-0.2, 0) is 11.3 Å². The van der Waals surface area contributed by atoms with Gasteiger partial charge in [-0.2, -0.15) is 5.10 Å². The molecule has 0 unspecified atom stereocenters. The first-order valence-electron chi connectivity index (χ1n) is 7.94. The topological polar surface area (TPSA) is 75.9 Å². The molecule has 23 heavy (non-hydrogen) atoms. The Labute approximate surface area is 135 Å². The molecule has 0 saturated carbocycles. The summed E-state index contributed by atoms with van der Waals surface area (Å²) in [5.41, 5.74) is 0.781. The van der Waals surface area contributed by atoms with Crippen molar-refractivity contribution in [3.8, 4) is 0 Å². The summed E-state index contributed by atoms with van der Waals surface area (Å²) < 4.78 is 1.94. The molecule has 7 heteroatoms. The lowest BCUT2D eigenvalue weighted by molar-refractivity contribution is -0.117. The number of aryl methyl sites for hydroxylation is 2. The third-order valence-electron chi connectivity index (χ3n) is 4.16. The maximum atomic E-state index is 12.2. The summed E-state index contributed by atoms with van der Waals surface area (Å²) in [5.74, 6) is 1.73. The number of likely N-dealkylation sites (tertiary alicyclic amines) is 1. The monoisotopic (exact) mass is 314 g/mol. The number of rotatable bonds is 5. The average Bonchev–Trinajstić information content (AvgIpc) is 3.07. The Morgan fingerprint density at radius 3 is 2.83 bits per heavy atom. The highest BCUT2D eigenvalue weighted by atomic mass is 16.2. The van der Waals surface area contributed by atoms with Gasteiger partial charge >= 0.3 is 0 Å². The summed E-state index contributed by atoms with van der Waals surface area (Å²) in [4.78, 5) is 22.7. The van der Waals surface area contributed by atoms with E-state index in [0.29, 0.717) is 12.6 Å². The van der Waals surface area contributed by atoms with Gasteiger partial charge in [0.15, 0.2) is 0 Å². The Hall–Kier alpha value is -2.28. The fourth-order valence-corrected chi connectivity index (χ4v) is 3.06. The molecule has 1 atom stereocenters. The van der Waals surface area contributed by atoms with Crippen LogP contribution in [0.25, 0.3) is 0 Å². The second kappa shape index (κ2) is 6.87. The van der Waals surface area contributed by atoms with Gasteiger partial charge in [0.05, 0.1) is 13.1 Å². The first kappa shape index (κ1) is 15.6. The third-order valence-corrected chi connectivity index (χ3v) is 4.16. The van der Waals surface area contributed by atoms with Crippen molar-refractivity contribution in [1.29, 1.82) is 0 Å². The van der Waals surface area contributed by atoms with Gasteiger partial charge in [-0.15, -0.1) is 0 Å². The van der Waals surface area contributed by atoms with E-state index in [1.165, 1.54) is 0 Å². The highest BCUT2D eigenvalue weighted by molar-refractivity contribution is 5.92.